The molecule has 0 atom stereocenters. The summed E-state index contributed by atoms with van der Waals surface area (Å²) >= 11 is 1.47. The van der Waals surface area contributed by atoms with Crippen LogP contribution in [-0.2, 0) is 19.5 Å². The van der Waals surface area contributed by atoms with Crippen molar-refractivity contribution < 1.29 is 4.79 Å². The number of carbonyl (C=O) groups is 1. The van der Waals surface area contributed by atoms with Gasteiger partial charge in [0.25, 0.3) is 5.91 Å². The van der Waals surface area contributed by atoms with E-state index < -0.39 is 0 Å². The normalized spacial score (nSPS) is 14.3. The molecule has 1 N–H and O–H groups in total. The summed E-state index contributed by atoms with van der Waals surface area (Å²) in [5, 5.41) is 5.23. The summed E-state index contributed by atoms with van der Waals surface area (Å²) in [5.74, 6) is -0.238. The van der Waals surface area contributed by atoms with Gasteiger partial charge in [0.05, 0.1) is 11.3 Å². The molecule has 3 aromatic rings. The van der Waals surface area contributed by atoms with Gasteiger partial charge < -0.3 is 9.88 Å². The molecule has 0 radical (unpaired) electrons. The van der Waals surface area contributed by atoms with Crippen molar-refractivity contribution in [1.29, 1.82) is 0 Å². The molecule has 3 heterocycles. The van der Waals surface area contributed by atoms with Gasteiger partial charge in [-0.25, -0.2) is 0 Å². The highest BCUT2D eigenvalue weighted by Gasteiger charge is 2.13. The van der Waals surface area contributed by atoms with Crippen LogP contribution in [-0.4, -0.2) is 22.0 Å². The maximum atomic E-state index is 12.6. The standard InChI is InChI=1S/C19H18N4OS/c24-18(16-10-15-6-7-20-12-17(15)21-11-16)22-19-23(8-9-25-19)13-14-4-2-1-3-5-14/h1-5,8-11,20H,6-7,12-13H2. The van der Waals surface area contributed by atoms with Gasteiger partial charge in [-0.2, -0.15) is 4.99 Å². The van der Waals surface area contributed by atoms with Crippen molar-refractivity contribution in [3.63, 3.8) is 0 Å². The molecule has 1 aliphatic heterocycles. The molecule has 0 aliphatic carbocycles. The third-order valence-corrected chi connectivity index (χ3v) is 5.02. The van der Waals surface area contributed by atoms with Crippen LogP contribution in [0.2, 0.25) is 0 Å². The second-order valence-corrected chi connectivity index (χ2v) is 6.85. The van der Waals surface area contributed by atoms with E-state index in [1.54, 1.807) is 6.20 Å². The Balaban J connectivity index is 1.61. The van der Waals surface area contributed by atoms with Crippen LogP contribution in [0.1, 0.15) is 27.2 Å². The number of rotatable bonds is 3. The summed E-state index contributed by atoms with van der Waals surface area (Å²) in [7, 11) is 0. The van der Waals surface area contributed by atoms with E-state index in [1.165, 1.54) is 16.9 Å². The Morgan fingerprint density at radius 3 is 3.08 bits per heavy atom. The maximum absolute atomic E-state index is 12.6. The van der Waals surface area contributed by atoms with Crippen molar-refractivity contribution in [2.45, 2.75) is 19.5 Å². The SMILES string of the molecule is O=C(N=c1sccn1Cc1ccccc1)c1cnc2c(c1)CCNC2. The molecule has 4 rings (SSSR count). The Morgan fingerprint density at radius 2 is 2.20 bits per heavy atom. The summed E-state index contributed by atoms with van der Waals surface area (Å²) in [6, 6.07) is 12.1. The quantitative estimate of drug-likeness (QED) is 0.789. The first-order valence-electron chi connectivity index (χ1n) is 8.25. The van der Waals surface area contributed by atoms with Gasteiger partial charge in [-0.15, -0.1) is 11.3 Å². The summed E-state index contributed by atoms with van der Waals surface area (Å²) in [4.78, 5) is 22.0. The zero-order valence-electron chi connectivity index (χ0n) is 13.7. The predicted octanol–water partition coefficient (Wildman–Crippen LogP) is 2.38. The van der Waals surface area contributed by atoms with Crippen molar-refractivity contribution in [2.24, 2.45) is 4.99 Å². The molecule has 5 nitrogen and oxygen atoms in total. The summed E-state index contributed by atoms with van der Waals surface area (Å²) in [5.41, 5.74) is 3.90. The molecule has 1 amide bonds. The van der Waals surface area contributed by atoms with Crippen LogP contribution in [0.4, 0.5) is 0 Å². The van der Waals surface area contributed by atoms with Gasteiger partial charge in [-0.05, 0) is 30.2 Å². The topological polar surface area (TPSA) is 59.3 Å². The minimum atomic E-state index is -0.238. The van der Waals surface area contributed by atoms with Crippen molar-refractivity contribution >= 4 is 17.2 Å². The molecule has 0 bridgehead atoms. The highest BCUT2D eigenvalue weighted by molar-refractivity contribution is 7.07. The third-order valence-electron chi connectivity index (χ3n) is 4.22. The van der Waals surface area contributed by atoms with Gasteiger partial charge in [0.15, 0.2) is 4.80 Å². The predicted molar refractivity (Wildman–Crippen MR) is 97.4 cm³/mol. The second kappa shape index (κ2) is 7.13. The minimum Gasteiger partial charge on any atom is -0.319 e. The number of amides is 1. The average Bonchev–Trinajstić information content (AvgIpc) is 3.08. The van der Waals surface area contributed by atoms with E-state index in [2.05, 4.69) is 27.4 Å². The van der Waals surface area contributed by atoms with Gasteiger partial charge in [-0.3, -0.25) is 9.78 Å². The smallest absolute Gasteiger partial charge is 0.281 e. The van der Waals surface area contributed by atoms with Crippen molar-refractivity contribution in [3.05, 3.63) is 81.4 Å². The number of nitrogens with zero attached hydrogens (tertiary/aromatic N) is 3. The van der Waals surface area contributed by atoms with E-state index in [9.17, 15) is 4.79 Å². The molecule has 6 heteroatoms. The van der Waals surface area contributed by atoms with Gasteiger partial charge in [0.1, 0.15) is 0 Å². The lowest BCUT2D eigenvalue weighted by molar-refractivity contribution is 0.0997. The second-order valence-electron chi connectivity index (χ2n) is 5.97. The lowest BCUT2D eigenvalue weighted by Gasteiger charge is -2.15. The van der Waals surface area contributed by atoms with E-state index in [-0.39, 0.29) is 5.91 Å². The van der Waals surface area contributed by atoms with E-state index in [0.717, 1.165) is 30.8 Å². The summed E-state index contributed by atoms with van der Waals surface area (Å²) in [6.07, 6.45) is 4.49. The first-order chi connectivity index (χ1) is 12.3. The summed E-state index contributed by atoms with van der Waals surface area (Å²) < 4.78 is 1.99. The number of hydrogen-bond donors (Lipinski definition) is 1. The maximum Gasteiger partial charge on any atom is 0.281 e. The molecule has 126 valence electrons. The van der Waals surface area contributed by atoms with E-state index in [4.69, 9.17) is 0 Å². The first kappa shape index (κ1) is 15.9. The highest BCUT2D eigenvalue weighted by Crippen LogP contribution is 2.13. The van der Waals surface area contributed by atoms with Crippen LogP contribution in [0.15, 0.2) is 59.2 Å². The molecule has 0 unspecified atom stereocenters. The lowest BCUT2D eigenvalue weighted by atomic mass is 10.0. The fourth-order valence-corrected chi connectivity index (χ4v) is 3.63. The molecule has 25 heavy (non-hydrogen) atoms. The molecule has 0 saturated carbocycles. The molecule has 1 aromatic carbocycles. The fraction of sp³-hybridized carbons (Fsp3) is 0.211. The number of carbonyl (C=O) groups excluding carboxylic acids is 1. The Labute approximate surface area is 149 Å². The van der Waals surface area contributed by atoms with Crippen molar-refractivity contribution in [3.8, 4) is 0 Å². The molecule has 0 spiro atoms. The number of fused-ring (bicyclic) bond motifs is 1. The molecule has 2 aromatic heterocycles. The van der Waals surface area contributed by atoms with E-state index in [1.807, 2.05) is 40.4 Å². The monoisotopic (exact) mass is 350 g/mol. The number of benzene rings is 1. The van der Waals surface area contributed by atoms with Gasteiger partial charge >= 0.3 is 0 Å². The van der Waals surface area contributed by atoms with Crippen molar-refractivity contribution in [2.75, 3.05) is 6.54 Å². The molecule has 0 fully saturated rings. The number of aromatic nitrogens is 2. The third kappa shape index (κ3) is 3.60. The average molecular weight is 350 g/mol. The first-order valence-corrected chi connectivity index (χ1v) is 9.13. The highest BCUT2D eigenvalue weighted by atomic mass is 32.1. The van der Waals surface area contributed by atoms with Gasteiger partial charge in [-0.1, -0.05) is 30.3 Å². The van der Waals surface area contributed by atoms with Crippen LogP contribution < -0.4 is 10.1 Å². The fourth-order valence-electron chi connectivity index (χ4n) is 2.90. The number of thiazole rings is 1. The van der Waals surface area contributed by atoms with Crippen LogP contribution in [0.5, 0.6) is 0 Å². The van der Waals surface area contributed by atoms with Crippen LogP contribution in [0.25, 0.3) is 0 Å². The number of hydrogen-bond acceptors (Lipinski definition) is 4. The number of nitrogens with one attached hydrogen (secondary N) is 1. The Kier molecular flexibility index (Phi) is 4.54. The van der Waals surface area contributed by atoms with Crippen molar-refractivity contribution in [1.82, 2.24) is 14.9 Å². The zero-order chi connectivity index (χ0) is 17.1. The van der Waals surface area contributed by atoms with Gasteiger partial charge in [0.2, 0.25) is 0 Å². The van der Waals surface area contributed by atoms with Crippen LogP contribution >= 0.6 is 11.3 Å². The zero-order valence-corrected chi connectivity index (χ0v) is 14.5. The molecule has 0 saturated heterocycles. The number of pyridine rings is 1. The van der Waals surface area contributed by atoms with E-state index in [0.29, 0.717) is 16.9 Å². The van der Waals surface area contributed by atoms with Crippen LogP contribution in [0, 0.1) is 0 Å². The largest absolute Gasteiger partial charge is 0.319 e. The Hall–Kier alpha value is -2.57. The van der Waals surface area contributed by atoms with Gasteiger partial charge in [0, 0.05) is 30.9 Å². The lowest BCUT2D eigenvalue weighted by Crippen LogP contribution is -2.25. The minimum absolute atomic E-state index is 0.238. The Morgan fingerprint density at radius 1 is 1.32 bits per heavy atom. The van der Waals surface area contributed by atoms with Crippen LogP contribution in [0.3, 0.4) is 0 Å². The molecule has 1 aliphatic rings. The summed E-state index contributed by atoms with van der Waals surface area (Å²) in [6.45, 7) is 2.39. The molecular formula is C19H18N4OS. The molecular weight excluding hydrogens is 332 g/mol. The van der Waals surface area contributed by atoms with E-state index >= 15 is 0 Å². The Bertz CT molecular complexity index is 959.